The molecule has 0 N–H and O–H groups in total. The molecule has 0 unspecified atom stereocenters. The van der Waals surface area contributed by atoms with Gasteiger partial charge < -0.3 is 0 Å². The van der Waals surface area contributed by atoms with Crippen molar-refractivity contribution in [3.63, 3.8) is 0 Å². The number of rotatable bonds is 2. The van der Waals surface area contributed by atoms with E-state index in [0.717, 1.165) is 21.3 Å². The van der Waals surface area contributed by atoms with Gasteiger partial charge in [-0.3, -0.25) is 0 Å². The molecule has 0 aromatic carbocycles. The summed E-state index contributed by atoms with van der Waals surface area (Å²) in [5.74, 6) is 1.36. The van der Waals surface area contributed by atoms with Gasteiger partial charge in [0.2, 0.25) is 0 Å². The van der Waals surface area contributed by atoms with E-state index in [1.807, 2.05) is 29.6 Å². The topological polar surface area (TPSA) is 43.1 Å². The van der Waals surface area contributed by atoms with Gasteiger partial charge in [-0.25, -0.2) is 4.98 Å². The standard InChI is InChI=1S/C13H8N4S2/c1-3-10(18-7-1)9-5-6-14-13-15-12(16-17(9)13)11-4-2-8-19-11/h1-8H. The van der Waals surface area contributed by atoms with Crippen molar-refractivity contribution in [1.82, 2.24) is 19.6 Å². The fourth-order valence-corrected chi connectivity index (χ4v) is 3.30. The predicted molar refractivity (Wildman–Crippen MR) is 77.4 cm³/mol. The van der Waals surface area contributed by atoms with Crippen LogP contribution in [-0.2, 0) is 0 Å². The zero-order chi connectivity index (χ0) is 12.7. The summed E-state index contributed by atoms with van der Waals surface area (Å²) >= 11 is 3.31. The summed E-state index contributed by atoms with van der Waals surface area (Å²) in [4.78, 5) is 11.0. The van der Waals surface area contributed by atoms with Crippen molar-refractivity contribution >= 4 is 28.5 Å². The molecule has 92 valence electrons. The molecule has 0 aliphatic heterocycles. The minimum absolute atomic E-state index is 0.634. The van der Waals surface area contributed by atoms with Gasteiger partial charge in [-0.05, 0) is 29.0 Å². The van der Waals surface area contributed by atoms with E-state index in [-0.39, 0.29) is 0 Å². The Morgan fingerprint density at radius 2 is 1.74 bits per heavy atom. The van der Waals surface area contributed by atoms with Gasteiger partial charge in [-0.15, -0.1) is 27.8 Å². The van der Waals surface area contributed by atoms with Crippen LogP contribution in [0, 0.1) is 0 Å². The first-order valence-corrected chi connectivity index (χ1v) is 7.47. The molecule has 4 rings (SSSR count). The molecular formula is C13H8N4S2. The molecule has 4 nitrogen and oxygen atoms in total. The van der Waals surface area contributed by atoms with Crippen LogP contribution in [0.2, 0.25) is 0 Å². The minimum Gasteiger partial charge on any atom is -0.220 e. The second kappa shape index (κ2) is 4.25. The molecule has 0 atom stereocenters. The van der Waals surface area contributed by atoms with Crippen LogP contribution in [0.4, 0.5) is 0 Å². The van der Waals surface area contributed by atoms with Gasteiger partial charge in [0.1, 0.15) is 0 Å². The summed E-state index contributed by atoms with van der Waals surface area (Å²) in [6.45, 7) is 0. The Morgan fingerprint density at radius 1 is 0.947 bits per heavy atom. The van der Waals surface area contributed by atoms with Crippen LogP contribution in [-0.4, -0.2) is 19.6 Å². The number of thiophene rings is 2. The molecule has 0 fully saturated rings. The van der Waals surface area contributed by atoms with Crippen LogP contribution in [0.1, 0.15) is 0 Å². The predicted octanol–water partition coefficient (Wildman–Crippen LogP) is 3.58. The molecule has 0 aliphatic rings. The second-order valence-electron chi connectivity index (χ2n) is 3.93. The van der Waals surface area contributed by atoms with E-state index in [1.54, 1.807) is 33.4 Å². The maximum atomic E-state index is 4.57. The van der Waals surface area contributed by atoms with Crippen molar-refractivity contribution in [2.24, 2.45) is 0 Å². The van der Waals surface area contributed by atoms with Gasteiger partial charge in [0.15, 0.2) is 5.82 Å². The number of nitrogens with zero attached hydrogens (tertiary/aromatic N) is 4. The summed E-state index contributed by atoms with van der Waals surface area (Å²) in [5, 5.41) is 8.65. The number of hydrogen-bond acceptors (Lipinski definition) is 5. The molecule has 0 saturated heterocycles. The first-order chi connectivity index (χ1) is 9.42. The zero-order valence-corrected chi connectivity index (χ0v) is 11.4. The van der Waals surface area contributed by atoms with Crippen molar-refractivity contribution in [2.45, 2.75) is 0 Å². The monoisotopic (exact) mass is 284 g/mol. The third kappa shape index (κ3) is 1.76. The van der Waals surface area contributed by atoms with E-state index < -0.39 is 0 Å². The van der Waals surface area contributed by atoms with Crippen molar-refractivity contribution in [3.8, 4) is 21.3 Å². The van der Waals surface area contributed by atoms with Crippen LogP contribution in [0.3, 0.4) is 0 Å². The zero-order valence-electron chi connectivity index (χ0n) is 9.72. The summed E-state index contributed by atoms with van der Waals surface area (Å²) in [6.07, 6.45) is 1.78. The van der Waals surface area contributed by atoms with Gasteiger partial charge in [0, 0.05) is 6.20 Å². The highest BCUT2D eigenvalue weighted by Gasteiger charge is 2.12. The van der Waals surface area contributed by atoms with Crippen LogP contribution in [0.15, 0.2) is 47.3 Å². The molecule has 4 aromatic heterocycles. The Morgan fingerprint density at radius 3 is 2.47 bits per heavy atom. The first-order valence-electron chi connectivity index (χ1n) is 5.71. The third-order valence-corrected chi connectivity index (χ3v) is 4.51. The van der Waals surface area contributed by atoms with Gasteiger partial charge in [-0.1, -0.05) is 12.1 Å². The summed E-state index contributed by atoms with van der Waals surface area (Å²) < 4.78 is 1.81. The van der Waals surface area contributed by atoms with Crippen molar-refractivity contribution < 1.29 is 0 Å². The largest absolute Gasteiger partial charge is 0.253 e. The summed E-state index contributed by atoms with van der Waals surface area (Å²) in [5.41, 5.74) is 1.02. The Bertz CT molecular complexity index is 816. The van der Waals surface area contributed by atoms with Crippen molar-refractivity contribution in [1.29, 1.82) is 0 Å². The van der Waals surface area contributed by atoms with Crippen LogP contribution in [0.25, 0.3) is 27.1 Å². The number of aromatic nitrogens is 4. The summed E-state index contributed by atoms with van der Waals surface area (Å²) in [6, 6.07) is 10.1. The highest BCUT2D eigenvalue weighted by molar-refractivity contribution is 7.13. The van der Waals surface area contributed by atoms with E-state index in [4.69, 9.17) is 0 Å². The highest BCUT2D eigenvalue weighted by atomic mass is 32.1. The molecule has 6 heteroatoms. The highest BCUT2D eigenvalue weighted by Crippen LogP contribution is 2.26. The smallest absolute Gasteiger partial charge is 0.220 e. The second-order valence-corrected chi connectivity index (χ2v) is 5.83. The van der Waals surface area contributed by atoms with E-state index in [1.165, 1.54) is 0 Å². The van der Waals surface area contributed by atoms with Crippen LogP contribution in [0.5, 0.6) is 0 Å². The molecule has 0 saturated carbocycles. The van der Waals surface area contributed by atoms with Crippen molar-refractivity contribution in [3.05, 3.63) is 47.3 Å². The molecule has 4 heterocycles. The van der Waals surface area contributed by atoms with Gasteiger partial charge in [-0.2, -0.15) is 9.50 Å². The Balaban J connectivity index is 1.97. The Hall–Kier alpha value is -2.05. The van der Waals surface area contributed by atoms with E-state index in [0.29, 0.717) is 5.78 Å². The molecule has 0 bridgehead atoms. The number of hydrogen-bond donors (Lipinski definition) is 0. The molecule has 0 spiro atoms. The molecular weight excluding hydrogens is 276 g/mol. The van der Waals surface area contributed by atoms with Crippen LogP contribution >= 0.6 is 22.7 Å². The maximum absolute atomic E-state index is 4.57. The van der Waals surface area contributed by atoms with E-state index in [2.05, 4.69) is 26.5 Å². The van der Waals surface area contributed by atoms with E-state index in [9.17, 15) is 0 Å². The van der Waals surface area contributed by atoms with Crippen LogP contribution < -0.4 is 0 Å². The first kappa shape index (κ1) is 10.8. The van der Waals surface area contributed by atoms with Gasteiger partial charge in [0.25, 0.3) is 5.78 Å². The van der Waals surface area contributed by atoms with Crippen molar-refractivity contribution in [2.75, 3.05) is 0 Å². The lowest BCUT2D eigenvalue weighted by atomic mass is 10.3. The maximum Gasteiger partial charge on any atom is 0.253 e. The molecule has 0 aliphatic carbocycles. The fourth-order valence-electron chi connectivity index (χ4n) is 1.92. The average molecular weight is 284 g/mol. The van der Waals surface area contributed by atoms with Gasteiger partial charge in [0.05, 0.1) is 15.4 Å². The lowest BCUT2D eigenvalue weighted by Crippen LogP contribution is -1.94. The molecule has 0 radical (unpaired) electrons. The number of fused-ring (bicyclic) bond motifs is 1. The summed E-state index contributed by atoms with van der Waals surface area (Å²) in [7, 11) is 0. The SMILES string of the molecule is c1csc(-c2nc3nccc(-c4cccs4)n3n2)c1. The quantitative estimate of drug-likeness (QED) is 0.565. The molecule has 19 heavy (non-hydrogen) atoms. The lowest BCUT2D eigenvalue weighted by molar-refractivity contribution is 0.955. The fraction of sp³-hybridized carbons (Fsp3) is 0. The van der Waals surface area contributed by atoms with E-state index >= 15 is 0 Å². The third-order valence-electron chi connectivity index (χ3n) is 2.76. The van der Waals surface area contributed by atoms with Gasteiger partial charge >= 0.3 is 0 Å². The lowest BCUT2D eigenvalue weighted by Gasteiger charge is -1.98. The average Bonchev–Trinajstić information content (AvgIpc) is 3.18. The Labute approximate surface area is 117 Å². The minimum atomic E-state index is 0.634. The molecule has 4 aromatic rings. The normalized spacial score (nSPS) is 11.2. The molecule has 0 amide bonds. The Kier molecular flexibility index (Phi) is 2.43.